The predicted octanol–water partition coefficient (Wildman–Crippen LogP) is 2.21. The van der Waals surface area contributed by atoms with Gasteiger partial charge in [-0.2, -0.15) is 0 Å². The van der Waals surface area contributed by atoms with E-state index >= 15 is 0 Å². The average Bonchev–Trinajstić information content (AvgIpc) is 2.94. The Labute approximate surface area is 117 Å². The molecule has 1 saturated heterocycles. The van der Waals surface area contributed by atoms with Crippen molar-refractivity contribution in [2.45, 2.75) is 18.9 Å². The summed E-state index contributed by atoms with van der Waals surface area (Å²) in [7, 11) is 0. The monoisotopic (exact) mass is 332 g/mol. The largest absolute Gasteiger partial charge is 0.459 e. The molecule has 1 atom stereocenters. The third kappa shape index (κ3) is 3.02. The molecule has 1 fully saturated rings. The van der Waals surface area contributed by atoms with Crippen LogP contribution in [0.25, 0.3) is 0 Å². The first-order valence-corrected chi connectivity index (χ1v) is 7.17. The molecule has 2 rings (SSSR count). The molecule has 0 aliphatic carbocycles. The molecule has 0 aromatic carbocycles. The first kappa shape index (κ1) is 13.4. The Kier molecular flexibility index (Phi) is 4.23. The summed E-state index contributed by atoms with van der Waals surface area (Å²) in [5, 5.41) is 0. The van der Waals surface area contributed by atoms with E-state index in [0.29, 0.717) is 11.4 Å². The molecule has 2 N–H and O–H groups in total. The number of nitrogens with zero attached hydrogens (tertiary/aromatic N) is 1. The lowest BCUT2D eigenvalue weighted by Gasteiger charge is -2.21. The van der Waals surface area contributed by atoms with Crippen molar-refractivity contribution in [3.8, 4) is 0 Å². The quantitative estimate of drug-likeness (QED) is 0.862. The van der Waals surface area contributed by atoms with Gasteiger partial charge in [0.2, 0.25) is 0 Å². The second-order valence-corrected chi connectivity index (χ2v) is 6.49. The maximum atomic E-state index is 11.7. The summed E-state index contributed by atoms with van der Waals surface area (Å²) in [5.41, 5.74) is 5.25. The van der Waals surface area contributed by atoms with E-state index in [-0.39, 0.29) is 18.6 Å². The highest BCUT2D eigenvalue weighted by atomic mass is 79.9. The number of carbonyl (C=O) groups excluding carboxylic acids is 2. The smallest absolute Gasteiger partial charge is 0.348 e. The Morgan fingerprint density at radius 2 is 2.33 bits per heavy atom. The third-order valence-electron chi connectivity index (χ3n) is 2.84. The Morgan fingerprint density at radius 1 is 1.56 bits per heavy atom. The first-order valence-electron chi connectivity index (χ1n) is 5.56. The van der Waals surface area contributed by atoms with Crippen LogP contribution in [0.1, 0.15) is 22.5 Å². The maximum Gasteiger partial charge on any atom is 0.348 e. The van der Waals surface area contributed by atoms with E-state index < -0.39 is 6.03 Å². The van der Waals surface area contributed by atoms with Crippen LogP contribution in [0.4, 0.5) is 4.79 Å². The number of rotatable bonds is 3. The van der Waals surface area contributed by atoms with Crippen LogP contribution in [0.5, 0.6) is 0 Å². The number of hydrogen-bond acceptors (Lipinski definition) is 4. The SMILES string of the molecule is NC(=O)N1CCC[C@@H]1COC(=O)c1ccc(Br)s1. The van der Waals surface area contributed by atoms with E-state index in [9.17, 15) is 9.59 Å². The van der Waals surface area contributed by atoms with Gasteiger partial charge in [-0.3, -0.25) is 0 Å². The number of likely N-dealkylation sites (tertiary alicyclic amines) is 1. The van der Waals surface area contributed by atoms with Crippen LogP contribution in [0.15, 0.2) is 15.9 Å². The van der Waals surface area contributed by atoms with Crippen LogP contribution in [0, 0.1) is 0 Å². The summed E-state index contributed by atoms with van der Waals surface area (Å²) in [6.07, 6.45) is 1.72. The highest BCUT2D eigenvalue weighted by Gasteiger charge is 2.28. The van der Waals surface area contributed by atoms with Crippen molar-refractivity contribution in [1.29, 1.82) is 0 Å². The molecule has 1 aliphatic heterocycles. The van der Waals surface area contributed by atoms with Crippen LogP contribution in [-0.4, -0.2) is 36.1 Å². The van der Waals surface area contributed by atoms with Gasteiger partial charge in [-0.1, -0.05) is 0 Å². The van der Waals surface area contributed by atoms with Crippen LogP contribution in [-0.2, 0) is 4.74 Å². The summed E-state index contributed by atoms with van der Waals surface area (Å²) in [5.74, 6) is -0.359. The molecule has 2 heterocycles. The lowest BCUT2D eigenvalue weighted by Crippen LogP contribution is -2.41. The van der Waals surface area contributed by atoms with E-state index in [1.165, 1.54) is 11.3 Å². The van der Waals surface area contributed by atoms with Gasteiger partial charge in [-0.25, -0.2) is 9.59 Å². The van der Waals surface area contributed by atoms with Gasteiger partial charge in [0.1, 0.15) is 11.5 Å². The Balaban J connectivity index is 1.88. The third-order valence-corrected chi connectivity index (χ3v) is 4.45. The average molecular weight is 333 g/mol. The van der Waals surface area contributed by atoms with E-state index in [0.717, 1.165) is 16.6 Å². The summed E-state index contributed by atoms with van der Waals surface area (Å²) < 4.78 is 6.09. The van der Waals surface area contributed by atoms with Crippen molar-refractivity contribution in [1.82, 2.24) is 4.90 Å². The fourth-order valence-electron chi connectivity index (χ4n) is 1.97. The minimum atomic E-state index is -0.451. The topological polar surface area (TPSA) is 72.6 Å². The van der Waals surface area contributed by atoms with Gasteiger partial charge in [0.25, 0.3) is 0 Å². The summed E-state index contributed by atoms with van der Waals surface area (Å²) in [6.45, 7) is 0.847. The molecule has 0 spiro atoms. The van der Waals surface area contributed by atoms with Crippen LogP contribution < -0.4 is 5.73 Å². The Bertz CT molecular complexity index is 463. The van der Waals surface area contributed by atoms with Crippen molar-refractivity contribution in [3.05, 3.63) is 20.8 Å². The number of nitrogens with two attached hydrogens (primary N) is 1. The molecule has 98 valence electrons. The standard InChI is InChI=1S/C11H13BrN2O3S/c12-9-4-3-8(18-9)10(15)17-6-7-2-1-5-14(7)11(13)16/h3-4,7H,1-2,5-6H2,(H2,13,16)/t7-/m1/s1. The van der Waals surface area contributed by atoms with Crippen molar-refractivity contribution in [2.24, 2.45) is 5.73 Å². The predicted molar refractivity (Wildman–Crippen MR) is 71.6 cm³/mol. The van der Waals surface area contributed by atoms with Crippen LogP contribution in [0.2, 0.25) is 0 Å². The molecule has 5 nitrogen and oxygen atoms in total. The van der Waals surface area contributed by atoms with Gasteiger partial charge in [0, 0.05) is 6.54 Å². The van der Waals surface area contributed by atoms with E-state index in [4.69, 9.17) is 10.5 Å². The van der Waals surface area contributed by atoms with Crippen LogP contribution in [0.3, 0.4) is 0 Å². The molecule has 0 saturated carbocycles. The molecule has 1 aromatic heterocycles. The first-order chi connectivity index (χ1) is 8.58. The molecule has 1 aliphatic rings. The Morgan fingerprint density at radius 3 is 2.94 bits per heavy atom. The summed E-state index contributed by atoms with van der Waals surface area (Å²) in [4.78, 5) is 25.0. The Hall–Kier alpha value is -1.08. The molecule has 0 bridgehead atoms. The number of amides is 2. The van der Waals surface area contributed by atoms with E-state index in [1.54, 1.807) is 17.0 Å². The van der Waals surface area contributed by atoms with E-state index in [1.807, 2.05) is 0 Å². The van der Waals surface area contributed by atoms with E-state index in [2.05, 4.69) is 15.9 Å². The maximum absolute atomic E-state index is 11.7. The number of urea groups is 1. The molecule has 2 amide bonds. The highest BCUT2D eigenvalue weighted by Crippen LogP contribution is 2.23. The molecule has 1 aromatic rings. The number of halogens is 1. The number of ether oxygens (including phenoxy) is 1. The molecule has 0 unspecified atom stereocenters. The number of esters is 1. The normalized spacial score (nSPS) is 18.9. The summed E-state index contributed by atoms with van der Waals surface area (Å²) >= 11 is 4.61. The van der Waals surface area contributed by atoms with Crippen molar-refractivity contribution >= 4 is 39.3 Å². The molecular weight excluding hydrogens is 320 g/mol. The van der Waals surface area contributed by atoms with Crippen molar-refractivity contribution in [3.63, 3.8) is 0 Å². The van der Waals surface area contributed by atoms with Gasteiger partial charge in [0.15, 0.2) is 0 Å². The highest BCUT2D eigenvalue weighted by molar-refractivity contribution is 9.11. The number of carbonyl (C=O) groups is 2. The molecule has 0 radical (unpaired) electrons. The minimum absolute atomic E-state index is 0.0881. The lowest BCUT2D eigenvalue weighted by atomic mass is 10.2. The van der Waals surface area contributed by atoms with Gasteiger partial charge < -0.3 is 15.4 Å². The van der Waals surface area contributed by atoms with Crippen LogP contribution >= 0.6 is 27.3 Å². The number of thiophene rings is 1. The molecule has 18 heavy (non-hydrogen) atoms. The number of primary amides is 1. The number of hydrogen-bond donors (Lipinski definition) is 1. The second-order valence-electron chi connectivity index (χ2n) is 4.03. The minimum Gasteiger partial charge on any atom is -0.459 e. The molecule has 7 heteroatoms. The van der Waals surface area contributed by atoms with Crippen molar-refractivity contribution < 1.29 is 14.3 Å². The fourth-order valence-corrected chi connectivity index (χ4v) is 3.25. The van der Waals surface area contributed by atoms with Gasteiger partial charge >= 0.3 is 12.0 Å². The van der Waals surface area contributed by atoms with Crippen molar-refractivity contribution in [2.75, 3.05) is 13.2 Å². The lowest BCUT2D eigenvalue weighted by molar-refractivity contribution is 0.0428. The zero-order chi connectivity index (χ0) is 13.1. The van der Waals surface area contributed by atoms with Gasteiger partial charge in [0.05, 0.1) is 9.83 Å². The second kappa shape index (κ2) is 5.71. The van der Waals surface area contributed by atoms with Gasteiger partial charge in [-0.05, 0) is 40.9 Å². The van der Waals surface area contributed by atoms with Gasteiger partial charge in [-0.15, -0.1) is 11.3 Å². The zero-order valence-electron chi connectivity index (χ0n) is 9.60. The zero-order valence-corrected chi connectivity index (χ0v) is 12.0. The fraction of sp³-hybridized carbons (Fsp3) is 0.455. The summed E-state index contributed by atoms with van der Waals surface area (Å²) in [6, 6.07) is 2.96. The molecular formula is C11H13BrN2O3S.